The molecule has 0 bridgehead atoms. The van der Waals surface area contributed by atoms with Gasteiger partial charge in [-0.3, -0.25) is 4.79 Å². The lowest BCUT2D eigenvalue weighted by molar-refractivity contribution is -0.135. The summed E-state index contributed by atoms with van der Waals surface area (Å²) in [6.07, 6.45) is 1.96. The highest BCUT2D eigenvalue weighted by molar-refractivity contribution is 6.43. The first-order valence-electron chi connectivity index (χ1n) is 7.18. The second kappa shape index (κ2) is 8.25. The molecule has 0 spiro atoms. The highest BCUT2D eigenvalue weighted by Gasteiger charge is 2.23. The fourth-order valence-corrected chi connectivity index (χ4v) is 2.94. The Morgan fingerprint density at radius 3 is 2.45 bits per heavy atom. The normalized spacial score (nSPS) is 15.9. The van der Waals surface area contributed by atoms with Crippen molar-refractivity contribution in [2.24, 2.45) is 0 Å². The van der Waals surface area contributed by atoms with Gasteiger partial charge in [0.25, 0.3) is 5.91 Å². The first kappa shape index (κ1) is 17.7. The Labute approximate surface area is 145 Å². The van der Waals surface area contributed by atoms with Gasteiger partial charge in [0.05, 0.1) is 21.2 Å². The van der Waals surface area contributed by atoms with Gasteiger partial charge in [0, 0.05) is 25.8 Å². The van der Waals surface area contributed by atoms with E-state index in [1.165, 1.54) is 12.1 Å². The molecule has 22 heavy (non-hydrogen) atoms. The Balaban J connectivity index is 1.85. The van der Waals surface area contributed by atoms with Crippen molar-refractivity contribution in [2.75, 3.05) is 26.3 Å². The van der Waals surface area contributed by atoms with Gasteiger partial charge in [-0.2, -0.15) is 0 Å². The molecule has 4 nitrogen and oxygen atoms in total. The lowest BCUT2D eigenvalue weighted by atomic mass is 10.1. The van der Waals surface area contributed by atoms with Gasteiger partial charge in [-0.25, -0.2) is 0 Å². The maximum absolute atomic E-state index is 12.2. The van der Waals surface area contributed by atoms with Crippen LogP contribution >= 0.6 is 34.8 Å². The zero-order chi connectivity index (χ0) is 16.1. The lowest BCUT2D eigenvalue weighted by Gasteiger charge is -2.31. The third-order valence-electron chi connectivity index (χ3n) is 3.52. The van der Waals surface area contributed by atoms with Crippen molar-refractivity contribution in [3.8, 4) is 5.75 Å². The SMILES string of the molecule is CCOC1CCN(C(=O)COc2cc(Cl)c(Cl)cc2Cl)CC1. The fraction of sp³-hybridized carbons (Fsp3) is 0.533. The van der Waals surface area contributed by atoms with Gasteiger partial charge < -0.3 is 14.4 Å². The number of nitrogens with zero attached hydrogens (tertiary/aromatic N) is 1. The number of carbonyl (C=O) groups is 1. The second-order valence-corrected chi connectivity index (χ2v) is 6.24. The van der Waals surface area contributed by atoms with E-state index in [0.29, 0.717) is 40.5 Å². The Morgan fingerprint density at radius 1 is 1.18 bits per heavy atom. The molecule has 0 aromatic heterocycles. The Hall–Kier alpha value is -0.680. The summed E-state index contributed by atoms with van der Waals surface area (Å²) >= 11 is 17.8. The van der Waals surface area contributed by atoms with Crippen LogP contribution < -0.4 is 4.74 Å². The van der Waals surface area contributed by atoms with Crippen molar-refractivity contribution in [3.05, 3.63) is 27.2 Å². The number of ether oxygens (including phenoxy) is 2. The number of benzene rings is 1. The summed E-state index contributed by atoms with van der Waals surface area (Å²) in [7, 11) is 0. The summed E-state index contributed by atoms with van der Waals surface area (Å²) in [4.78, 5) is 13.9. The van der Waals surface area contributed by atoms with Crippen molar-refractivity contribution in [3.63, 3.8) is 0 Å². The third kappa shape index (κ3) is 4.66. The number of carbonyl (C=O) groups excluding carboxylic acids is 1. The number of likely N-dealkylation sites (tertiary alicyclic amines) is 1. The van der Waals surface area contributed by atoms with Gasteiger partial charge in [0.2, 0.25) is 0 Å². The summed E-state index contributed by atoms with van der Waals surface area (Å²) in [5.74, 6) is 0.283. The number of piperidine rings is 1. The van der Waals surface area contributed by atoms with E-state index in [4.69, 9.17) is 44.3 Å². The van der Waals surface area contributed by atoms with Gasteiger partial charge in [-0.1, -0.05) is 34.8 Å². The number of hydrogen-bond acceptors (Lipinski definition) is 3. The quantitative estimate of drug-likeness (QED) is 0.738. The molecule has 122 valence electrons. The molecule has 2 rings (SSSR count). The standard InChI is InChI=1S/C15H18Cl3NO3/c1-2-21-10-3-5-19(6-4-10)15(20)9-22-14-8-12(17)11(16)7-13(14)18/h7-8,10H,2-6,9H2,1H3. The molecule has 1 aliphatic rings. The monoisotopic (exact) mass is 365 g/mol. The van der Waals surface area contributed by atoms with Crippen molar-refractivity contribution in [1.29, 1.82) is 0 Å². The molecule has 1 saturated heterocycles. The Morgan fingerprint density at radius 2 is 1.82 bits per heavy atom. The van der Waals surface area contributed by atoms with Gasteiger partial charge in [-0.05, 0) is 25.8 Å². The van der Waals surface area contributed by atoms with Gasteiger partial charge >= 0.3 is 0 Å². The number of hydrogen-bond donors (Lipinski definition) is 0. The smallest absolute Gasteiger partial charge is 0.260 e. The van der Waals surface area contributed by atoms with E-state index in [2.05, 4.69) is 0 Å². The Kier molecular flexibility index (Phi) is 6.63. The van der Waals surface area contributed by atoms with Crippen molar-refractivity contribution >= 4 is 40.7 Å². The Bertz CT molecular complexity index is 531. The largest absolute Gasteiger partial charge is 0.482 e. The molecule has 0 unspecified atom stereocenters. The average Bonchev–Trinajstić information content (AvgIpc) is 2.50. The molecule has 0 atom stereocenters. The molecule has 7 heteroatoms. The average molecular weight is 367 g/mol. The van der Waals surface area contributed by atoms with Crippen LogP contribution in [0.4, 0.5) is 0 Å². The first-order chi connectivity index (χ1) is 10.5. The fourth-order valence-electron chi connectivity index (χ4n) is 2.35. The molecule has 1 fully saturated rings. The van der Waals surface area contributed by atoms with Crippen LogP contribution in [-0.4, -0.2) is 43.2 Å². The van der Waals surface area contributed by atoms with E-state index in [9.17, 15) is 4.79 Å². The van der Waals surface area contributed by atoms with E-state index < -0.39 is 0 Å². The molecular weight excluding hydrogens is 349 g/mol. The summed E-state index contributed by atoms with van der Waals surface area (Å²) in [5, 5.41) is 1.02. The molecule has 1 heterocycles. The molecular formula is C15H18Cl3NO3. The van der Waals surface area contributed by atoms with Gasteiger partial charge in [0.15, 0.2) is 6.61 Å². The predicted molar refractivity (Wildman–Crippen MR) is 88.2 cm³/mol. The third-order valence-corrected chi connectivity index (χ3v) is 4.54. The second-order valence-electron chi connectivity index (χ2n) is 5.02. The van der Waals surface area contributed by atoms with E-state index >= 15 is 0 Å². The highest BCUT2D eigenvalue weighted by Crippen LogP contribution is 2.33. The maximum atomic E-state index is 12.2. The van der Waals surface area contributed by atoms with Crippen molar-refractivity contribution in [2.45, 2.75) is 25.9 Å². The van der Waals surface area contributed by atoms with Crippen molar-refractivity contribution < 1.29 is 14.3 Å². The van der Waals surface area contributed by atoms with E-state index in [-0.39, 0.29) is 18.6 Å². The molecule has 0 N–H and O–H groups in total. The van der Waals surface area contributed by atoms with Gasteiger partial charge in [-0.15, -0.1) is 0 Å². The lowest BCUT2D eigenvalue weighted by Crippen LogP contribution is -2.43. The molecule has 0 saturated carbocycles. The summed E-state index contributed by atoms with van der Waals surface area (Å²) in [6, 6.07) is 3.01. The molecule has 1 aromatic rings. The number of halogens is 3. The minimum atomic E-state index is -0.0724. The zero-order valence-corrected chi connectivity index (χ0v) is 14.5. The van der Waals surface area contributed by atoms with Crippen LogP contribution in [0.2, 0.25) is 15.1 Å². The van der Waals surface area contributed by atoms with Crippen LogP contribution in [0.15, 0.2) is 12.1 Å². The molecule has 0 aliphatic carbocycles. The van der Waals surface area contributed by atoms with Crippen LogP contribution in [0, 0.1) is 0 Å². The molecule has 1 aromatic carbocycles. The summed E-state index contributed by atoms with van der Waals surface area (Å²) in [5.41, 5.74) is 0. The first-order valence-corrected chi connectivity index (χ1v) is 8.31. The van der Waals surface area contributed by atoms with E-state index in [0.717, 1.165) is 12.8 Å². The summed E-state index contributed by atoms with van der Waals surface area (Å²) in [6.45, 7) is 3.98. The molecule has 0 radical (unpaired) electrons. The van der Waals surface area contributed by atoms with Crippen LogP contribution in [0.25, 0.3) is 0 Å². The topological polar surface area (TPSA) is 38.8 Å². The maximum Gasteiger partial charge on any atom is 0.260 e. The minimum Gasteiger partial charge on any atom is -0.482 e. The van der Waals surface area contributed by atoms with Crippen LogP contribution in [-0.2, 0) is 9.53 Å². The van der Waals surface area contributed by atoms with Crippen molar-refractivity contribution in [1.82, 2.24) is 4.90 Å². The predicted octanol–water partition coefficient (Wildman–Crippen LogP) is 4.05. The summed E-state index contributed by atoms with van der Waals surface area (Å²) < 4.78 is 11.0. The van der Waals surface area contributed by atoms with E-state index in [1.807, 2.05) is 6.92 Å². The molecule has 1 aliphatic heterocycles. The van der Waals surface area contributed by atoms with E-state index in [1.54, 1.807) is 4.90 Å². The molecule has 1 amide bonds. The highest BCUT2D eigenvalue weighted by atomic mass is 35.5. The van der Waals surface area contributed by atoms with Crippen LogP contribution in [0.1, 0.15) is 19.8 Å². The number of rotatable bonds is 5. The van der Waals surface area contributed by atoms with Gasteiger partial charge in [0.1, 0.15) is 5.75 Å². The number of amides is 1. The minimum absolute atomic E-state index is 0.0721. The van der Waals surface area contributed by atoms with Crippen LogP contribution in [0.5, 0.6) is 5.75 Å². The zero-order valence-electron chi connectivity index (χ0n) is 12.3. The van der Waals surface area contributed by atoms with Crippen LogP contribution in [0.3, 0.4) is 0 Å².